The zero-order chi connectivity index (χ0) is 14.8. The van der Waals surface area contributed by atoms with Crippen molar-refractivity contribution in [3.05, 3.63) is 44.3 Å². The topological polar surface area (TPSA) is 34.1 Å². The molecule has 0 aromatic carbocycles. The second kappa shape index (κ2) is 6.05. The maximum atomic E-state index is 11.2. The maximum Gasteiger partial charge on any atom is 0.160 e. The summed E-state index contributed by atoms with van der Waals surface area (Å²) >= 11 is 4.62. The number of hydrogen-bond donors (Lipinski definition) is 0. The molecule has 0 atom stereocenters. The van der Waals surface area contributed by atoms with Crippen molar-refractivity contribution in [2.45, 2.75) is 13.3 Å². The quantitative estimate of drug-likeness (QED) is 0.587. The summed E-state index contributed by atoms with van der Waals surface area (Å²) in [5.41, 5.74) is 1.98. The number of aryl methyl sites for hydroxylation is 1. The first kappa shape index (κ1) is 14.4. The predicted molar refractivity (Wildman–Crippen MR) is 91.1 cm³/mol. The smallest absolute Gasteiger partial charge is 0.160 e. The van der Waals surface area contributed by atoms with E-state index in [0.717, 1.165) is 49.6 Å². The summed E-state index contributed by atoms with van der Waals surface area (Å²) in [5, 5.41) is 1.93. The third-order valence-electron chi connectivity index (χ3n) is 3.21. The Bertz CT molecular complexity index is 792. The van der Waals surface area contributed by atoms with E-state index in [-0.39, 0.29) is 0 Å². The molecule has 5 heteroatoms. The van der Waals surface area contributed by atoms with Gasteiger partial charge in [-0.2, -0.15) is 0 Å². The largest absolute Gasteiger partial charge is 0.297 e. The lowest BCUT2D eigenvalue weighted by molar-refractivity contribution is 0.111. The molecule has 0 saturated heterocycles. The van der Waals surface area contributed by atoms with Crippen molar-refractivity contribution in [2.75, 3.05) is 0 Å². The van der Waals surface area contributed by atoms with E-state index in [1.54, 1.807) is 22.7 Å². The molecule has 3 aromatic rings. The molecule has 0 saturated carbocycles. The lowest BCUT2D eigenvalue weighted by Gasteiger charge is -1.95. The zero-order valence-electron chi connectivity index (χ0n) is 11.3. The van der Waals surface area contributed by atoms with Crippen LogP contribution in [0.25, 0.3) is 20.9 Å². The van der Waals surface area contributed by atoms with Crippen molar-refractivity contribution < 1.29 is 9.59 Å². The average Bonchev–Trinajstić information content (AvgIpc) is 3.23. The minimum atomic E-state index is 0.749. The number of thiophene rings is 3. The van der Waals surface area contributed by atoms with Crippen LogP contribution in [-0.4, -0.2) is 12.6 Å². The van der Waals surface area contributed by atoms with Crippen molar-refractivity contribution in [1.29, 1.82) is 0 Å². The van der Waals surface area contributed by atoms with Crippen LogP contribution in [0.15, 0.2) is 29.6 Å². The van der Waals surface area contributed by atoms with Crippen LogP contribution in [0.5, 0.6) is 0 Å². The van der Waals surface area contributed by atoms with Crippen LogP contribution in [0.2, 0.25) is 0 Å². The van der Waals surface area contributed by atoms with Crippen molar-refractivity contribution in [3.63, 3.8) is 0 Å². The lowest BCUT2D eigenvalue weighted by atomic mass is 10.2. The summed E-state index contributed by atoms with van der Waals surface area (Å²) in [6.07, 6.45) is 2.76. The van der Waals surface area contributed by atoms with E-state index in [1.165, 1.54) is 16.2 Å². The number of carbonyl (C=O) groups excluding carboxylic acids is 2. The van der Waals surface area contributed by atoms with Crippen LogP contribution in [0.1, 0.15) is 31.1 Å². The highest BCUT2D eigenvalue weighted by molar-refractivity contribution is 7.20. The molecular weight excluding hydrogens is 320 g/mol. The number of aldehydes is 2. The molecular formula is C16H12O2S3. The van der Waals surface area contributed by atoms with Gasteiger partial charge >= 0.3 is 0 Å². The Hall–Kier alpha value is -1.56. The summed E-state index contributed by atoms with van der Waals surface area (Å²) in [6, 6.07) is 8.11. The van der Waals surface area contributed by atoms with Gasteiger partial charge in [-0.15, -0.1) is 34.0 Å². The summed E-state index contributed by atoms with van der Waals surface area (Å²) in [6.45, 7) is 2.09. The van der Waals surface area contributed by atoms with E-state index in [0.29, 0.717) is 0 Å². The molecule has 0 amide bonds. The van der Waals surface area contributed by atoms with Gasteiger partial charge in [0.15, 0.2) is 12.6 Å². The van der Waals surface area contributed by atoms with Crippen LogP contribution < -0.4 is 0 Å². The Balaban J connectivity index is 2.04. The van der Waals surface area contributed by atoms with Gasteiger partial charge in [0.1, 0.15) is 0 Å². The minimum absolute atomic E-state index is 0.749. The molecule has 0 aliphatic carbocycles. The zero-order valence-corrected chi connectivity index (χ0v) is 13.7. The third-order valence-corrected chi connectivity index (χ3v) is 6.41. The van der Waals surface area contributed by atoms with Crippen LogP contribution >= 0.6 is 34.0 Å². The molecule has 0 spiro atoms. The molecule has 3 heterocycles. The van der Waals surface area contributed by atoms with E-state index in [4.69, 9.17) is 0 Å². The molecule has 0 radical (unpaired) electrons. The van der Waals surface area contributed by atoms with E-state index in [2.05, 4.69) is 13.0 Å². The molecule has 3 rings (SSSR count). The summed E-state index contributed by atoms with van der Waals surface area (Å²) in [4.78, 5) is 27.2. The molecule has 0 aliphatic heterocycles. The Morgan fingerprint density at radius 3 is 2.33 bits per heavy atom. The van der Waals surface area contributed by atoms with E-state index in [9.17, 15) is 9.59 Å². The first-order chi connectivity index (χ1) is 10.3. The van der Waals surface area contributed by atoms with Gasteiger partial charge < -0.3 is 0 Å². The second-order valence-electron chi connectivity index (χ2n) is 4.44. The highest BCUT2D eigenvalue weighted by Gasteiger charge is 2.14. The van der Waals surface area contributed by atoms with Gasteiger partial charge in [-0.25, -0.2) is 0 Å². The van der Waals surface area contributed by atoms with Gasteiger partial charge in [0.25, 0.3) is 0 Å². The highest BCUT2D eigenvalue weighted by atomic mass is 32.1. The molecule has 0 aliphatic rings. The fourth-order valence-electron chi connectivity index (χ4n) is 2.16. The average molecular weight is 332 g/mol. The molecule has 0 bridgehead atoms. The molecule has 0 unspecified atom stereocenters. The van der Waals surface area contributed by atoms with Crippen molar-refractivity contribution in [1.82, 2.24) is 0 Å². The van der Waals surface area contributed by atoms with Crippen molar-refractivity contribution in [2.24, 2.45) is 0 Å². The van der Waals surface area contributed by atoms with Crippen molar-refractivity contribution >= 4 is 46.6 Å². The Morgan fingerprint density at radius 2 is 1.67 bits per heavy atom. The van der Waals surface area contributed by atoms with E-state index >= 15 is 0 Å². The number of carbonyl (C=O) groups is 2. The fourth-order valence-corrected chi connectivity index (χ4v) is 5.00. The van der Waals surface area contributed by atoms with E-state index in [1.807, 2.05) is 23.6 Å². The molecule has 3 aromatic heterocycles. The first-order valence-electron chi connectivity index (χ1n) is 6.48. The summed E-state index contributed by atoms with van der Waals surface area (Å²) < 4.78 is 0. The van der Waals surface area contributed by atoms with Gasteiger partial charge in [0.2, 0.25) is 0 Å². The molecule has 21 heavy (non-hydrogen) atoms. The van der Waals surface area contributed by atoms with Crippen LogP contribution in [0, 0.1) is 0 Å². The normalized spacial score (nSPS) is 10.7. The van der Waals surface area contributed by atoms with Crippen LogP contribution in [-0.2, 0) is 6.42 Å². The molecule has 106 valence electrons. The Morgan fingerprint density at radius 1 is 0.952 bits per heavy atom. The van der Waals surface area contributed by atoms with Gasteiger partial charge in [-0.05, 0) is 36.1 Å². The minimum Gasteiger partial charge on any atom is -0.297 e. The highest BCUT2D eigenvalue weighted by Crippen LogP contribution is 2.40. The van der Waals surface area contributed by atoms with Gasteiger partial charge in [-0.1, -0.05) is 6.92 Å². The third kappa shape index (κ3) is 2.64. The number of rotatable bonds is 5. The SMILES string of the molecule is CCc1cc(-c2ccc(-c3ccsc3C=O)s2)c(C=O)s1. The fraction of sp³-hybridized carbons (Fsp3) is 0.125. The summed E-state index contributed by atoms with van der Waals surface area (Å²) in [7, 11) is 0. The Labute approximate surface area is 134 Å². The predicted octanol–water partition coefficient (Wildman–Crippen LogP) is 5.39. The second-order valence-corrected chi connectivity index (χ2v) is 7.64. The summed E-state index contributed by atoms with van der Waals surface area (Å²) in [5.74, 6) is 0. The molecule has 2 nitrogen and oxygen atoms in total. The monoisotopic (exact) mass is 332 g/mol. The standard InChI is InChI=1S/C16H12O2S3/c1-2-10-7-12(16(9-18)20-10)14-4-3-13(21-14)11-5-6-19-15(11)8-17/h3-9H,2H2,1H3. The Kier molecular flexibility index (Phi) is 4.14. The van der Waals surface area contributed by atoms with Gasteiger partial charge in [0.05, 0.1) is 9.75 Å². The first-order valence-corrected chi connectivity index (χ1v) is 8.99. The maximum absolute atomic E-state index is 11.2. The van der Waals surface area contributed by atoms with Crippen LogP contribution in [0.4, 0.5) is 0 Å². The van der Waals surface area contributed by atoms with Crippen molar-refractivity contribution in [3.8, 4) is 20.9 Å². The van der Waals surface area contributed by atoms with Gasteiger partial charge in [-0.3, -0.25) is 9.59 Å². The molecule has 0 fully saturated rings. The number of hydrogen-bond acceptors (Lipinski definition) is 5. The lowest BCUT2D eigenvalue weighted by Crippen LogP contribution is -1.75. The van der Waals surface area contributed by atoms with Crippen LogP contribution in [0.3, 0.4) is 0 Å². The van der Waals surface area contributed by atoms with Gasteiger partial charge in [0, 0.05) is 25.8 Å². The molecule has 0 N–H and O–H groups in total. The van der Waals surface area contributed by atoms with E-state index < -0.39 is 0 Å².